The number of halogens is 1. The first-order chi connectivity index (χ1) is 11.3. The lowest BCUT2D eigenvalue weighted by Crippen LogP contribution is -2.36. The molecule has 0 saturated carbocycles. The van der Waals surface area contributed by atoms with E-state index < -0.39 is 21.9 Å². The lowest BCUT2D eigenvalue weighted by atomic mass is 10.2. The summed E-state index contributed by atoms with van der Waals surface area (Å²) >= 11 is 0. The predicted octanol–water partition coefficient (Wildman–Crippen LogP) is 2.89. The van der Waals surface area contributed by atoms with Gasteiger partial charge in [-0.1, -0.05) is 12.1 Å². The van der Waals surface area contributed by atoms with Gasteiger partial charge in [-0.25, -0.2) is 17.5 Å². The number of para-hydroxylation sites is 2. The Kier molecular flexibility index (Phi) is 5.80. The third kappa shape index (κ3) is 4.46. The average molecular weight is 353 g/mol. The molecule has 130 valence electrons. The molecule has 0 fully saturated rings. The zero-order chi connectivity index (χ0) is 17.7. The molecule has 1 atom stereocenters. The molecule has 0 unspecified atom stereocenters. The summed E-state index contributed by atoms with van der Waals surface area (Å²) in [5, 5.41) is 0. The number of hydrogen-bond acceptors (Lipinski definition) is 4. The first-order valence-electron chi connectivity index (χ1n) is 7.38. The highest BCUT2D eigenvalue weighted by Gasteiger charge is 2.19. The Hall–Kier alpha value is -2.12. The Morgan fingerprint density at radius 3 is 2.46 bits per heavy atom. The number of benzene rings is 2. The third-order valence-electron chi connectivity index (χ3n) is 3.35. The van der Waals surface area contributed by atoms with Gasteiger partial charge in [0.15, 0.2) is 11.5 Å². The number of rotatable bonds is 7. The van der Waals surface area contributed by atoms with Crippen LogP contribution in [-0.4, -0.2) is 28.2 Å². The minimum Gasteiger partial charge on any atom is -0.493 e. The maximum Gasteiger partial charge on any atom is 0.240 e. The first-order valence-corrected chi connectivity index (χ1v) is 8.86. The van der Waals surface area contributed by atoms with E-state index in [0.717, 1.165) is 6.07 Å². The van der Waals surface area contributed by atoms with Crippen molar-refractivity contribution >= 4 is 10.0 Å². The van der Waals surface area contributed by atoms with Crippen LogP contribution in [0, 0.1) is 12.7 Å². The molecule has 0 spiro atoms. The Labute approximate surface area is 141 Å². The molecule has 0 heterocycles. The summed E-state index contributed by atoms with van der Waals surface area (Å²) < 4.78 is 51.2. The van der Waals surface area contributed by atoms with Crippen LogP contribution in [0.1, 0.15) is 12.5 Å². The summed E-state index contributed by atoms with van der Waals surface area (Å²) in [6.07, 6.45) is 0. The molecule has 0 aliphatic rings. The highest BCUT2D eigenvalue weighted by Crippen LogP contribution is 2.25. The third-order valence-corrected chi connectivity index (χ3v) is 4.94. The van der Waals surface area contributed by atoms with Crippen molar-refractivity contribution in [2.75, 3.05) is 13.7 Å². The Morgan fingerprint density at radius 1 is 1.17 bits per heavy atom. The van der Waals surface area contributed by atoms with Crippen molar-refractivity contribution in [3.8, 4) is 11.5 Å². The Bertz CT molecular complexity index is 808. The molecule has 0 bridgehead atoms. The first kappa shape index (κ1) is 18.2. The van der Waals surface area contributed by atoms with E-state index in [1.165, 1.54) is 26.2 Å². The van der Waals surface area contributed by atoms with E-state index in [2.05, 4.69) is 4.72 Å². The Morgan fingerprint density at radius 2 is 1.83 bits per heavy atom. The second-order valence-electron chi connectivity index (χ2n) is 5.40. The van der Waals surface area contributed by atoms with Gasteiger partial charge >= 0.3 is 0 Å². The number of hydrogen-bond donors (Lipinski definition) is 1. The monoisotopic (exact) mass is 353 g/mol. The molecule has 1 N–H and O–H groups in total. The maximum absolute atomic E-state index is 13.3. The van der Waals surface area contributed by atoms with Crippen molar-refractivity contribution in [3.05, 3.63) is 53.8 Å². The van der Waals surface area contributed by atoms with Gasteiger partial charge in [-0.3, -0.25) is 0 Å². The van der Waals surface area contributed by atoms with E-state index in [1.807, 2.05) is 6.07 Å². The lowest BCUT2D eigenvalue weighted by Gasteiger charge is -2.16. The number of aryl methyl sites for hydroxylation is 1. The number of sulfonamides is 1. The van der Waals surface area contributed by atoms with E-state index in [1.54, 1.807) is 25.1 Å². The molecule has 0 aliphatic heterocycles. The van der Waals surface area contributed by atoms with E-state index in [-0.39, 0.29) is 17.1 Å². The minimum atomic E-state index is -3.75. The summed E-state index contributed by atoms with van der Waals surface area (Å²) in [4.78, 5) is 0.0190. The van der Waals surface area contributed by atoms with Gasteiger partial charge in [-0.2, -0.15) is 0 Å². The number of ether oxygens (including phenoxy) is 2. The van der Waals surface area contributed by atoms with Gasteiger partial charge in [0.2, 0.25) is 10.0 Å². The van der Waals surface area contributed by atoms with Gasteiger partial charge in [0.25, 0.3) is 0 Å². The number of methoxy groups -OCH3 is 1. The average Bonchev–Trinajstić information content (AvgIpc) is 2.55. The molecule has 0 aromatic heterocycles. The molecule has 0 amide bonds. The number of nitrogens with one attached hydrogen (secondary N) is 1. The zero-order valence-electron chi connectivity index (χ0n) is 13.7. The van der Waals surface area contributed by atoms with Crippen molar-refractivity contribution in [2.24, 2.45) is 0 Å². The topological polar surface area (TPSA) is 64.6 Å². The summed E-state index contributed by atoms with van der Waals surface area (Å²) in [5.41, 5.74) is 0.274. The predicted molar refractivity (Wildman–Crippen MR) is 89.4 cm³/mol. The summed E-state index contributed by atoms with van der Waals surface area (Å²) in [6.45, 7) is 3.33. The second kappa shape index (κ2) is 7.63. The van der Waals surface area contributed by atoms with Crippen LogP contribution in [0.2, 0.25) is 0 Å². The minimum absolute atomic E-state index is 0.0190. The van der Waals surface area contributed by atoms with Crippen molar-refractivity contribution in [1.82, 2.24) is 4.72 Å². The summed E-state index contributed by atoms with van der Waals surface area (Å²) in [6, 6.07) is 10.3. The van der Waals surface area contributed by atoms with Crippen molar-refractivity contribution < 1.29 is 22.3 Å². The SMILES string of the molecule is COc1ccccc1OC[C@@H](C)NS(=O)(=O)c1ccc(F)c(C)c1. The van der Waals surface area contributed by atoms with Crippen LogP contribution in [-0.2, 0) is 10.0 Å². The lowest BCUT2D eigenvalue weighted by molar-refractivity contribution is 0.271. The van der Waals surface area contributed by atoms with Crippen LogP contribution < -0.4 is 14.2 Å². The van der Waals surface area contributed by atoms with Crippen LogP contribution >= 0.6 is 0 Å². The molecule has 0 saturated heterocycles. The fourth-order valence-electron chi connectivity index (χ4n) is 2.10. The molecule has 2 aromatic rings. The molecule has 2 aromatic carbocycles. The van der Waals surface area contributed by atoms with E-state index in [0.29, 0.717) is 11.5 Å². The molecular weight excluding hydrogens is 333 g/mol. The van der Waals surface area contributed by atoms with Crippen LogP contribution in [0.4, 0.5) is 4.39 Å². The second-order valence-corrected chi connectivity index (χ2v) is 7.11. The van der Waals surface area contributed by atoms with Crippen LogP contribution in [0.25, 0.3) is 0 Å². The normalized spacial score (nSPS) is 12.7. The van der Waals surface area contributed by atoms with E-state index >= 15 is 0 Å². The van der Waals surface area contributed by atoms with Crippen molar-refractivity contribution in [3.63, 3.8) is 0 Å². The summed E-state index contributed by atoms with van der Waals surface area (Å²) in [5.74, 6) is 0.659. The van der Waals surface area contributed by atoms with Crippen LogP contribution in [0.5, 0.6) is 11.5 Å². The fraction of sp³-hybridized carbons (Fsp3) is 0.294. The van der Waals surface area contributed by atoms with Crippen molar-refractivity contribution in [1.29, 1.82) is 0 Å². The zero-order valence-corrected chi connectivity index (χ0v) is 14.6. The molecule has 2 rings (SSSR count). The van der Waals surface area contributed by atoms with E-state index in [4.69, 9.17) is 9.47 Å². The van der Waals surface area contributed by atoms with Gasteiger partial charge in [0.05, 0.1) is 18.0 Å². The van der Waals surface area contributed by atoms with Gasteiger partial charge in [0.1, 0.15) is 12.4 Å². The maximum atomic E-state index is 13.3. The van der Waals surface area contributed by atoms with Crippen LogP contribution in [0.15, 0.2) is 47.4 Å². The van der Waals surface area contributed by atoms with Gasteiger partial charge in [-0.05, 0) is 49.7 Å². The molecule has 0 radical (unpaired) electrons. The summed E-state index contributed by atoms with van der Waals surface area (Å²) in [7, 11) is -2.21. The van der Waals surface area contributed by atoms with E-state index in [9.17, 15) is 12.8 Å². The molecule has 24 heavy (non-hydrogen) atoms. The molecule has 0 aliphatic carbocycles. The smallest absolute Gasteiger partial charge is 0.240 e. The van der Waals surface area contributed by atoms with Crippen LogP contribution in [0.3, 0.4) is 0 Å². The highest BCUT2D eigenvalue weighted by atomic mass is 32.2. The van der Waals surface area contributed by atoms with Gasteiger partial charge < -0.3 is 9.47 Å². The molecule has 5 nitrogen and oxygen atoms in total. The van der Waals surface area contributed by atoms with Gasteiger partial charge in [-0.15, -0.1) is 0 Å². The highest BCUT2D eigenvalue weighted by molar-refractivity contribution is 7.89. The fourth-order valence-corrected chi connectivity index (χ4v) is 3.42. The quantitative estimate of drug-likeness (QED) is 0.831. The standard InChI is InChI=1S/C17H20FNO4S/c1-12-10-14(8-9-15(12)18)24(20,21)19-13(2)11-23-17-7-5-4-6-16(17)22-3/h4-10,13,19H,11H2,1-3H3/t13-/m1/s1. The van der Waals surface area contributed by atoms with Gasteiger partial charge in [0, 0.05) is 0 Å². The molecule has 7 heteroatoms. The largest absolute Gasteiger partial charge is 0.493 e. The van der Waals surface area contributed by atoms with Crippen molar-refractivity contribution in [2.45, 2.75) is 24.8 Å². The molecular formula is C17H20FNO4S. The Balaban J connectivity index is 2.03.